The second kappa shape index (κ2) is 20.1. The van der Waals surface area contributed by atoms with Gasteiger partial charge in [0.25, 0.3) is 0 Å². The zero-order valence-electron chi connectivity index (χ0n) is 18.5. The molecule has 1 N–H and O–H groups in total. The monoisotopic (exact) mass is 433 g/mol. The number of carbonyl (C=O) groups is 2. The maximum absolute atomic E-state index is 10.0. The number of carboxylic acid groups (broad SMARTS) is 2. The van der Waals surface area contributed by atoms with E-state index in [1.165, 1.54) is 12.8 Å². The number of aliphatic hydroxyl groups excluding tert-OH is 1. The quantitative estimate of drug-likeness (QED) is 0.534. The van der Waals surface area contributed by atoms with Crippen molar-refractivity contribution >= 4 is 11.9 Å². The van der Waals surface area contributed by atoms with Gasteiger partial charge in [-0.3, -0.25) is 0 Å². The maximum atomic E-state index is 10.0. The van der Waals surface area contributed by atoms with Crippen LogP contribution in [0.1, 0.15) is 106 Å². The Bertz CT molecular complexity index is 309. The Kier molecular flexibility index (Phi) is 25.3. The van der Waals surface area contributed by atoms with E-state index < -0.39 is 11.9 Å². The first kappa shape index (κ1) is 34.0. The van der Waals surface area contributed by atoms with Crippen LogP contribution in [0.4, 0.5) is 0 Å². The van der Waals surface area contributed by atoms with Gasteiger partial charge in [-0.15, -0.1) is 0 Å². The molecule has 5 nitrogen and oxygen atoms in total. The molecule has 0 aromatic carbocycles. The predicted molar refractivity (Wildman–Crippen MR) is 103 cm³/mol. The van der Waals surface area contributed by atoms with Crippen LogP contribution in [0, 0.1) is 10.8 Å². The number of hydrogen-bond acceptors (Lipinski definition) is 5. The Labute approximate surface area is 177 Å². The van der Waals surface area contributed by atoms with E-state index in [1.807, 2.05) is 0 Å². The van der Waals surface area contributed by atoms with E-state index in [1.54, 1.807) is 0 Å². The van der Waals surface area contributed by atoms with Crippen LogP contribution in [-0.2, 0) is 26.4 Å². The summed E-state index contributed by atoms with van der Waals surface area (Å²) in [6.07, 6.45) is 8.54. The van der Waals surface area contributed by atoms with Crippen LogP contribution in [0.3, 0.4) is 0 Å². The zero-order valence-corrected chi connectivity index (χ0v) is 19.5. The van der Waals surface area contributed by atoms with Gasteiger partial charge in [0, 0.05) is 19.0 Å². The normalized spacial score (nSPS) is 10.5. The van der Waals surface area contributed by atoms with Crippen molar-refractivity contribution in [2.75, 3.05) is 7.11 Å². The Morgan fingerprint density at radius 3 is 1.07 bits per heavy atom. The van der Waals surface area contributed by atoms with E-state index >= 15 is 0 Å². The smallest absolute Gasteiger partial charge is 0.550 e. The number of aliphatic hydroxyl groups is 1. The number of carbonyl (C=O) groups excluding carboxylic acids is 2. The number of carboxylic acids is 2. The van der Waals surface area contributed by atoms with Gasteiger partial charge >= 0.3 is 16.8 Å². The average Bonchev–Trinajstić information content (AvgIpc) is 2.46. The molecule has 0 unspecified atom stereocenters. The maximum Gasteiger partial charge on any atom is 2.00 e. The van der Waals surface area contributed by atoms with E-state index in [-0.39, 0.29) is 29.6 Å². The molecule has 1 radical (unpaired) electrons. The van der Waals surface area contributed by atoms with Crippen LogP contribution in [0.15, 0.2) is 0 Å². The van der Waals surface area contributed by atoms with Gasteiger partial charge < -0.3 is 24.9 Å². The van der Waals surface area contributed by atoms with Crippen molar-refractivity contribution in [1.82, 2.24) is 0 Å². The third-order valence-corrected chi connectivity index (χ3v) is 3.62. The fourth-order valence-electron chi connectivity index (χ4n) is 2.20. The summed E-state index contributed by atoms with van der Waals surface area (Å²) in [4.78, 5) is 20.1. The first-order chi connectivity index (χ1) is 11.8. The van der Waals surface area contributed by atoms with Gasteiger partial charge in [-0.2, -0.15) is 0 Å². The molecule has 0 bridgehead atoms. The summed E-state index contributed by atoms with van der Waals surface area (Å²) in [5.41, 5.74) is 0.753. The minimum absolute atomic E-state index is 0. The fraction of sp³-hybridized carbons (Fsp3) is 0.905. The van der Waals surface area contributed by atoms with E-state index in [2.05, 4.69) is 41.5 Å². The van der Waals surface area contributed by atoms with Crippen molar-refractivity contribution in [3.05, 3.63) is 0 Å². The van der Waals surface area contributed by atoms with Gasteiger partial charge in [-0.05, 0) is 49.4 Å². The standard InChI is InChI=1S/2C10H20O2.CH4O.Co/c2*1-10(2,3)8-6-4-5-7-9(11)12;1-2;/h2*4-8H2,1-3H3,(H,11,12);2H,1H3;/q;;;+2/p-2. The molecule has 0 aliphatic carbocycles. The second-order valence-electron chi connectivity index (χ2n) is 8.99. The molecule has 0 heterocycles. The Morgan fingerprint density at radius 1 is 0.630 bits per heavy atom. The molecule has 165 valence electrons. The zero-order chi connectivity index (χ0) is 21.2. The number of hydrogen-bond donors (Lipinski definition) is 1. The van der Waals surface area contributed by atoms with E-state index in [0.717, 1.165) is 45.6 Å². The molecule has 0 atom stereocenters. The second-order valence-corrected chi connectivity index (χ2v) is 8.99. The largest absolute Gasteiger partial charge is 2.00 e. The van der Waals surface area contributed by atoms with Crippen molar-refractivity contribution in [2.24, 2.45) is 10.8 Å². The molecule has 0 aliphatic heterocycles. The molecule has 0 aliphatic rings. The summed E-state index contributed by atoms with van der Waals surface area (Å²) < 4.78 is 0. The van der Waals surface area contributed by atoms with Gasteiger partial charge in [-0.25, -0.2) is 0 Å². The molecule has 0 rings (SSSR count). The minimum atomic E-state index is -0.925. The summed E-state index contributed by atoms with van der Waals surface area (Å²) in [5.74, 6) is -1.85. The summed E-state index contributed by atoms with van der Waals surface area (Å²) in [6.45, 7) is 13.2. The van der Waals surface area contributed by atoms with Crippen LogP contribution >= 0.6 is 0 Å². The van der Waals surface area contributed by atoms with E-state index in [0.29, 0.717) is 10.8 Å². The summed E-state index contributed by atoms with van der Waals surface area (Å²) in [6, 6.07) is 0. The average molecular weight is 433 g/mol. The molecule has 0 aromatic rings. The molecule has 27 heavy (non-hydrogen) atoms. The molecule has 0 saturated carbocycles. The molecule has 0 saturated heterocycles. The van der Waals surface area contributed by atoms with Gasteiger partial charge in [0.1, 0.15) is 0 Å². The summed E-state index contributed by atoms with van der Waals surface area (Å²) >= 11 is 0. The third-order valence-electron chi connectivity index (χ3n) is 3.62. The first-order valence-corrected chi connectivity index (χ1v) is 9.68. The van der Waals surface area contributed by atoms with Gasteiger partial charge in [0.15, 0.2) is 0 Å². The van der Waals surface area contributed by atoms with Gasteiger partial charge in [0.05, 0.1) is 0 Å². The molecule has 0 aromatic heterocycles. The van der Waals surface area contributed by atoms with Crippen molar-refractivity contribution in [2.45, 2.75) is 106 Å². The molecule has 6 heteroatoms. The first-order valence-electron chi connectivity index (χ1n) is 9.68. The van der Waals surface area contributed by atoms with Crippen LogP contribution in [0.2, 0.25) is 0 Å². The van der Waals surface area contributed by atoms with Crippen LogP contribution in [-0.4, -0.2) is 24.2 Å². The molecule has 0 fully saturated rings. The molecular formula is C21H42CoO5. The van der Waals surface area contributed by atoms with Crippen molar-refractivity contribution < 1.29 is 41.7 Å². The topological polar surface area (TPSA) is 100 Å². The predicted octanol–water partition coefficient (Wildman–Crippen LogP) is 3.07. The number of aliphatic carboxylic acids is 2. The third kappa shape index (κ3) is 45.9. The molecule has 0 spiro atoms. The Balaban J connectivity index is -0.000000173. The van der Waals surface area contributed by atoms with Crippen LogP contribution in [0.5, 0.6) is 0 Å². The minimum Gasteiger partial charge on any atom is -0.550 e. The van der Waals surface area contributed by atoms with Crippen molar-refractivity contribution in [3.8, 4) is 0 Å². The summed E-state index contributed by atoms with van der Waals surface area (Å²) in [7, 11) is 1.00. The number of rotatable bonds is 10. The van der Waals surface area contributed by atoms with Crippen LogP contribution < -0.4 is 10.2 Å². The fourth-order valence-corrected chi connectivity index (χ4v) is 2.20. The number of unbranched alkanes of at least 4 members (excludes halogenated alkanes) is 4. The van der Waals surface area contributed by atoms with E-state index in [4.69, 9.17) is 5.11 Å². The molecule has 0 amide bonds. The van der Waals surface area contributed by atoms with Gasteiger partial charge in [0.2, 0.25) is 0 Å². The van der Waals surface area contributed by atoms with Gasteiger partial charge in [-0.1, -0.05) is 67.2 Å². The van der Waals surface area contributed by atoms with Crippen molar-refractivity contribution in [3.63, 3.8) is 0 Å². The van der Waals surface area contributed by atoms with Crippen LogP contribution in [0.25, 0.3) is 0 Å². The SMILES string of the molecule is CC(C)(C)CCCCCC(=O)[O-].CC(C)(C)CCCCCC(=O)[O-].CO.[Co+2]. The summed E-state index contributed by atoms with van der Waals surface area (Å²) in [5, 5.41) is 27.1. The Hall–Kier alpha value is -0.594. The van der Waals surface area contributed by atoms with E-state index in [9.17, 15) is 19.8 Å². The molecular weight excluding hydrogens is 391 g/mol. The van der Waals surface area contributed by atoms with Crippen molar-refractivity contribution in [1.29, 1.82) is 0 Å². The Morgan fingerprint density at radius 2 is 0.889 bits per heavy atom.